The second-order valence-electron chi connectivity index (χ2n) is 3.32. The maximum atomic E-state index is 12.0. The van der Waals surface area contributed by atoms with Crippen molar-refractivity contribution in [2.45, 2.75) is 6.92 Å². The highest BCUT2D eigenvalue weighted by Crippen LogP contribution is 2.12. The van der Waals surface area contributed by atoms with Gasteiger partial charge in [0.05, 0.1) is 5.56 Å². The number of carbonyl (C=O) groups excluding carboxylic acids is 1. The lowest BCUT2D eigenvalue weighted by Crippen LogP contribution is -2.16. The summed E-state index contributed by atoms with van der Waals surface area (Å²) in [6.07, 6.45) is 4.86. The third-order valence-electron chi connectivity index (χ3n) is 2.13. The van der Waals surface area contributed by atoms with Crippen molar-refractivity contribution in [3.8, 4) is 0 Å². The van der Waals surface area contributed by atoms with Crippen LogP contribution in [0.3, 0.4) is 0 Å². The summed E-state index contributed by atoms with van der Waals surface area (Å²) in [7, 11) is 0. The fraction of sp³-hybridized carbons (Fsp3) is 0.182. The van der Waals surface area contributed by atoms with Crippen LogP contribution in [0.5, 0.6) is 0 Å². The molecule has 0 saturated carbocycles. The fourth-order valence-electron chi connectivity index (χ4n) is 1.41. The van der Waals surface area contributed by atoms with Crippen molar-refractivity contribution in [1.82, 2.24) is 15.0 Å². The van der Waals surface area contributed by atoms with Crippen molar-refractivity contribution in [2.24, 2.45) is 0 Å². The second kappa shape index (κ2) is 5.11. The first kappa shape index (κ1) is 11.1. The van der Waals surface area contributed by atoms with E-state index in [1.807, 2.05) is 6.92 Å². The normalized spacial score (nSPS) is 9.94. The molecule has 0 aromatic carbocycles. The summed E-state index contributed by atoms with van der Waals surface area (Å²) >= 11 is 0. The zero-order valence-electron chi connectivity index (χ0n) is 9.40. The van der Waals surface area contributed by atoms with Gasteiger partial charge in [-0.15, -0.1) is 0 Å². The molecule has 2 aromatic heterocycles. The molecule has 2 aromatic rings. The van der Waals surface area contributed by atoms with Crippen LogP contribution in [0.25, 0.3) is 0 Å². The smallest absolute Gasteiger partial charge is 0.261 e. The number of pyridine rings is 1. The van der Waals surface area contributed by atoms with E-state index in [0.29, 0.717) is 23.9 Å². The molecule has 17 heavy (non-hydrogen) atoms. The highest BCUT2D eigenvalue weighted by Gasteiger charge is 2.12. The number of aromatic amines is 1. The lowest BCUT2D eigenvalue weighted by Gasteiger charge is -2.08. The van der Waals surface area contributed by atoms with Gasteiger partial charge in [0.2, 0.25) is 5.95 Å². The van der Waals surface area contributed by atoms with Gasteiger partial charge in [0.25, 0.3) is 5.91 Å². The number of rotatable bonds is 4. The van der Waals surface area contributed by atoms with E-state index in [2.05, 4.69) is 25.6 Å². The molecule has 0 radical (unpaired) electrons. The molecule has 0 bridgehead atoms. The predicted molar refractivity (Wildman–Crippen MR) is 64.9 cm³/mol. The number of hydrogen-bond acceptors (Lipinski definition) is 4. The Kier molecular flexibility index (Phi) is 3.34. The fourth-order valence-corrected chi connectivity index (χ4v) is 1.41. The first-order chi connectivity index (χ1) is 8.31. The maximum absolute atomic E-state index is 12.0. The van der Waals surface area contributed by atoms with Gasteiger partial charge in [0.15, 0.2) is 0 Å². The minimum atomic E-state index is -0.246. The Labute approximate surface area is 98.5 Å². The Balaban J connectivity index is 2.18. The van der Waals surface area contributed by atoms with E-state index in [4.69, 9.17) is 0 Å². The van der Waals surface area contributed by atoms with Crippen LogP contribution in [0.1, 0.15) is 17.3 Å². The third-order valence-corrected chi connectivity index (χ3v) is 2.13. The number of H-pyrrole nitrogens is 1. The largest absolute Gasteiger partial charge is 0.370 e. The van der Waals surface area contributed by atoms with E-state index in [-0.39, 0.29) is 5.91 Å². The first-order valence-electron chi connectivity index (χ1n) is 5.31. The van der Waals surface area contributed by atoms with Crippen molar-refractivity contribution >= 4 is 17.7 Å². The minimum absolute atomic E-state index is 0.246. The van der Waals surface area contributed by atoms with Crippen LogP contribution in [0.4, 0.5) is 11.8 Å². The quantitative estimate of drug-likeness (QED) is 0.744. The number of amides is 1. The van der Waals surface area contributed by atoms with E-state index in [9.17, 15) is 4.79 Å². The standard InChI is InChI=1S/C11H13N5O/c1-2-12-9-8(4-3-5-13-9)10(17)16-11-14-6-7-15-11/h3-7H,2H2,1H3,(H,12,13)(H2,14,15,16,17). The molecule has 1 amide bonds. The second-order valence-corrected chi connectivity index (χ2v) is 3.32. The van der Waals surface area contributed by atoms with E-state index in [1.165, 1.54) is 0 Å². The van der Waals surface area contributed by atoms with Crippen LogP contribution in [-0.2, 0) is 0 Å². The van der Waals surface area contributed by atoms with Gasteiger partial charge in [-0.1, -0.05) is 0 Å². The molecule has 0 fully saturated rings. The first-order valence-corrected chi connectivity index (χ1v) is 5.31. The van der Waals surface area contributed by atoms with Crippen LogP contribution in [0, 0.1) is 0 Å². The monoisotopic (exact) mass is 231 g/mol. The average molecular weight is 231 g/mol. The number of anilines is 2. The molecule has 0 saturated heterocycles. The van der Waals surface area contributed by atoms with Gasteiger partial charge in [0.1, 0.15) is 5.82 Å². The lowest BCUT2D eigenvalue weighted by atomic mass is 10.2. The van der Waals surface area contributed by atoms with Crippen LogP contribution >= 0.6 is 0 Å². The van der Waals surface area contributed by atoms with Crippen LogP contribution in [-0.4, -0.2) is 27.4 Å². The Hall–Kier alpha value is -2.37. The molecule has 0 atom stereocenters. The number of hydrogen-bond donors (Lipinski definition) is 3. The van der Waals surface area contributed by atoms with Crippen molar-refractivity contribution in [2.75, 3.05) is 17.2 Å². The molecule has 0 aliphatic carbocycles. The molecule has 3 N–H and O–H groups in total. The average Bonchev–Trinajstić information content (AvgIpc) is 2.83. The van der Waals surface area contributed by atoms with Gasteiger partial charge < -0.3 is 10.3 Å². The molecule has 6 heteroatoms. The summed E-state index contributed by atoms with van der Waals surface area (Å²) in [4.78, 5) is 22.8. The van der Waals surface area contributed by atoms with Gasteiger partial charge in [-0.25, -0.2) is 9.97 Å². The zero-order chi connectivity index (χ0) is 12.1. The van der Waals surface area contributed by atoms with E-state index < -0.39 is 0 Å². The molecule has 0 aliphatic rings. The van der Waals surface area contributed by atoms with Crippen molar-refractivity contribution < 1.29 is 4.79 Å². The SMILES string of the molecule is CCNc1ncccc1C(=O)Nc1ncc[nH]1. The molecule has 0 unspecified atom stereocenters. The van der Waals surface area contributed by atoms with E-state index in [1.54, 1.807) is 30.7 Å². The Morgan fingerprint density at radius 3 is 3.00 bits per heavy atom. The lowest BCUT2D eigenvalue weighted by molar-refractivity contribution is 0.102. The van der Waals surface area contributed by atoms with Gasteiger partial charge in [0, 0.05) is 25.1 Å². The summed E-state index contributed by atoms with van der Waals surface area (Å²) in [6, 6.07) is 3.43. The number of aromatic nitrogens is 3. The summed E-state index contributed by atoms with van der Waals surface area (Å²) in [5.41, 5.74) is 0.491. The summed E-state index contributed by atoms with van der Waals surface area (Å²) in [6.45, 7) is 2.65. The van der Waals surface area contributed by atoms with Crippen LogP contribution < -0.4 is 10.6 Å². The van der Waals surface area contributed by atoms with Crippen molar-refractivity contribution in [1.29, 1.82) is 0 Å². The zero-order valence-corrected chi connectivity index (χ0v) is 9.40. The summed E-state index contributed by atoms with van der Waals surface area (Å²) < 4.78 is 0. The molecule has 0 aliphatic heterocycles. The molecule has 2 rings (SSSR count). The Morgan fingerprint density at radius 1 is 1.41 bits per heavy atom. The van der Waals surface area contributed by atoms with Crippen LogP contribution in [0.2, 0.25) is 0 Å². The minimum Gasteiger partial charge on any atom is -0.370 e. The van der Waals surface area contributed by atoms with E-state index in [0.717, 1.165) is 0 Å². The topological polar surface area (TPSA) is 82.7 Å². The van der Waals surface area contributed by atoms with Crippen molar-refractivity contribution in [3.05, 3.63) is 36.3 Å². The Morgan fingerprint density at radius 2 is 2.29 bits per heavy atom. The maximum Gasteiger partial charge on any atom is 0.261 e. The van der Waals surface area contributed by atoms with Gasteiger partial charge in [-0.3, -0.25) is 10.1 Å². The third kappa shape index (κ3) is 2.60. The highest BCUT2D eigenvalue weighted by molar-refractivity contribution is 6.06. The molecular weight excluding hydrogens is 218 g/mol. The predicted octanol–water partition coefficient (Wildman–Crippen LogP) is 1.49. The number of nitrogens with zero attached hydrogens (tertiary/aromatic N) is 2. The Bertz CT molecular complexity index is 494. The molecule has 2 heterocycles. The van der Waals surface area contributed by atoms with Crippen molar-refractivity contribution in [3.63, 3.8) is 0 Å². The van der Waals surface area contributed by atoms with Gasteiger partial charge >= 0.3 is 0 Å². The molecule has 88 valence electrons. The van der Waals surface area contributed by atoms with E-state index >= 15 is 0 Å². The highest BCUT2D eigenvalue weighted by atomic mass is 16.1. The van der Waals surface area contributed by atoms with Gasteiger partial charge in [-0.2, -0.15) is 0 Å². The van der Waals surface area contributed by atoms with Crippen LogP contribution in [0.15, 0.2) is 30.7 Å². The molecule has 6 nitrogen and oxygen atoms in total. The summed E-state index contributed by atoms with van der Waals surface area (Å²) in [5, 5.41) is 5.69. The number of imidazole rings is 1. The molecule has 0 spiro atoms. The van der Waals surface area contributed by atoms with Gasteiger partial charge in [-0.05, 0) is 19.1 Å². The summed E-state index contributed by atoms with van der Waals surface area (Å²) in [5.74, 6) is 0.740. The molecular formula is C11H13N5O. The number of nitrogens with one attached hydrogen (secondary N) is 3. The number of carbonyl (C=O) groups is 1.